The van der Waals surface area contributed by atoms with Gasteiger partial charge in [-0.3, -0.25) is 4.79 Å². The Hall–Kier alpha value is -3.36. The minimum absolute atomic E-state index is 0.0211. The molecule has 0 aromatic heterocycles. The third kappa shape index (κ3) is 4.58. The molecule has 0 bridgehead atoms. The van der Waals surface area contributed by atoms with Crippen molar-refractivity contribution in [3.8, 4) is 11.5 Å². The number of hydrogen-bond acceptors (Lipinski definition) is 5. The number of carbonyl (C=O) groups is 1. The second kappa shape index (κ2) is 8.53. The largest absolute Gasteiger partial charge is 0.454 e. The summed E-state index contributed by atoms with van der Waals surface area (Å²) in [5.74, 6) is 0.944. The van der Waals surface area contributed by atoms with Crippen molar-refractivity contribution in [3.63, 3.8) is 0 Å². The quantitative estimate of drug-likeness (QED) is 0.533. The van der Waals surface area contributed by atoms with Crippen LogP contribution in [0.4, 0.5) is 0 Å². The minimum Gasteiger partial charge on any atom is -0.454 e. The van der Waals surface area contributed by atoms with Gasteiger partial charge in [0.15, 0.2) is 11.5 Å². The first-order chi connectivity index (χ1) is 16.0. The number of ether oxygens (including phenoxy) is 2. The number of benzene rings is 3. The van der Waals surface area contributed by atoms with Crippen molar-refractivity contribution < 1.29 is 22.7 Å². The van der Waals surface area contributed by atoms with Crippen LogP contribution in [0, 0.1) is 0 Å². The standard InChI is InChI=1S/C25H24N2O5S/c28-24(26-16-25(11-12-25)20-6-2-1-3-7-20)19-5-4-8-21(14-19)33(29,30)27-15-18-9-10-22-23(13-18)32-17-31-22/h1-10,13-14,27H,11-12,15-17H2,(H,26,28). The minimum atomic E-state index is -3.80. The molecule has 0 radical (unpaired) electrons. The Labute approximate surface area is 192 Å². The highest BCUT2D eigenvalue weighted by molar-refractivity contribution is 7.89. The van der Waals surface area contributed by atoms with Crippen LogP contribution in [0.2, 0.25) is 0 Å². The van der Waals surface area contributed by atoms with Crippen LogP contribution in [0.1, 0.15) is 34.3 Å². The lowest BCUT2D eigenvalue weighted by atomic mass is 9.96. The van der Waals surface area contributed by atoms with E-state index in [0.717, 1.165) is 18.4 Å². The molecule has 5 rings (SSSR count). The molecule has 170 valence electrons. The van der Waals surface area contributed by atoms with Crippen LogP contribution in [0.3, 0.4) is 0 Å². The Morgan fingerprint density at radius 1 is 0.909 bits per heavy atom. The number of nitrogens with one attached hydrogen (secondary N) is 2. The van der Waals surface area contributed by atoms with E-state index in [1.165, 1.54) is 17.7 Å². The molecule has 7 nitrogen and oxygen atoms in total. The monoisotopic (exact) mass is 464 g/mol. The van der Waals surface area contributed by atoms with Crippen LogP contribution in [0.15, 0.2) is 77.7 Å². The van der Waals surface area contributed by atoms with Gasteiger partial charge in [-0.25, -0.2) is 13.1 Å². The molecule has 2 aliphatic rings. The average molecular weight is 465 g/mol. The van der Waals surface area contributed by atoms with E-state index in [2.05, 4.69) is 22.2 Å². The highest BCUT2D eigenvalue weighted by Gasteiger charge is 2.44. The predicted molar refractivity (Wildman–Crippen MR) is 123 cm³/mol. The van der Waals surface area contributed by atoms with Gasteiger partial charge in [-0.15, -0.1) is 0 Å². The van der Waals surface area contributed by atoms with Crippen molar-refractivity contribution in [3.05, 3.63) is 89.5 Å². The fourth-order valence-electron chi connectivity index (χ4n) is 3.98. The van der Waals surface area contributed by atoms with Gasteiger partial charge in [-0.05, 0) is 54.3 Å². The number of rotatable bonds is 8. The number of hydrogen-bond donors (Lipinski definition) is 2. The van der Waals surface area contributed by atoms with Crippen molar-refractivity contribution in [1.82, 2.24) is 10.0 Å². The number of carbonyl (C=O) groups excluding carboxylic acids is 1. The Bertz CT molecular complexity index is 1290. The molecule has 0 spiro atoms. The van der Waals surface area contributed by atoms with Crippen molar-refractivity contribution in [2.45, 2.75) is 29.7 Å². The van der Waals surface area contributed by atoms with Crippen LogP contribution in [-0.4, -0.2) is 27.7 Å². The Kier molecular flexibility index (Phi) is 5.55. The topological polar surface area (TPSA) is 93.7 Å². The molecule has 1 saturated carbocycles. The van der Waals surface area contributed by atoms with Gasteiger partial charge in [0, 0.05) is 24.1 Å². The first-order valence-corrected chi connectivity index (χ1v) is 12.3. The smallest absolute Gasteiger partial charge is 0.251 e. The number of sulfonamides is 1. The van der Waals surface area contributed by atoms with Crippen molar-refractivity contribution in [2.75, 3.05) is 13.3 Å². The van der Waals surface area contributed by atoms with Crippen LogP contribution < -0.4 is 19.5 Å². The predicted octanol–water partition coefficient (Wildman–Crippen LogP) is 3.36. The Morgan fingerprint density at radius 3 is 2.48 bits per heavy atom. The molecule has 8 heteroatoms. The Balaban J connectivity index is 1.24. The van der Waals surface area contributed by atoms with E-state index >= 15 is 0 Å². The molecule has 1 aliphatic carbocycles. The summed E-state index contributed by atoms with van der Waals surface area (Å²) in [4.78, 5) is 12.8. The molecule has 0 atom stereocenters. The lowest BCUT2D eigenvalue weighted by Gasteiger charge is -2.17. The van der Waals surface area contributed by atoms with E-state index < -0.39 is 10.0 Å². The molecule has 3 aromatic rings. The normalized spacial score (nSPS) is 15.8. The molecule has 2 N–H and O–H groups in total. The molecule has 1 aliphatic heterocycles. The molecule has 1 amide bonds. The van der Waals surface area contributed by atoms with Gasteiger partial charge in [-0.1, -0.05) is 42.5 Å². The zero-order valence-corrected chi connectivity index (χ0v) is 18.7. The molecular weight excluding hydrogens is 440 g/mol. The van der Waals surface area contributed by atoms with Gasteiger partial charge >= 0.3 is 0 Å². The summed E-state index contributed by atoms with van der Waals surface area (Å²) in [6.07, 6.45) is 2.05. The average Bonchev–Trinajstić information content (AvgIpc) is 3.50. The summed E-state index contributed by atoms with van der Waals surface area (Å²) >= 11 is 0. The van der Waals surface area contributed by atoms with Crippen LogP contribution in [0.5, 0.6) is 11.5 Å². The summed E-state index contributed by atoms with van der Waals surface area (Å²) in [5, 5.41) is 2.98. The van der Waals surface area contributed by atoms with E-state index in [9.17, 15) is 13.2 Å². The molecule has 1 heterocycles. The second-order valence-corrected chi connectivity index (χ2v) is 10.1. The summed E-state index contributed by atoms with van der Waals surface area (Å²) < 4.78 is 38.8. The maximum atomic E-state index is 12.8. The van der Waals surface area contributed by atoms with Crippen LogP contribution in [0.25, 0.3) is 0 Å². The number of amides is 1. The SMILES string of the molecule is O=C(NCC1(c2ccccc2)CC1)c1cccc(S(=O)(=O)NCc2ccc3c(c2)OCO3)c1. The lowest BCUT2D eigenvalue weighted by molar-refractivity contribution is 0.0949. The summed E-state index contributed by atoms with van der Waals surface area (Å²) in [6.45, 7) is 0.774. The molecule has 1 fully saturated rings. The van der Waals surface area contributed by atoms with Crippen molar-refractivity contribution in [2.24, 2.45) is 0 Å². The molecule has 0 unspecified atom stereocenters. The lowest BCUT2D eigenvalue weighted by Crippen LogP contribution is -2.32. The summed E-state index contributed by atoms with van der Waals surface area (Å²) in [7, 11) is -3.80. The molecule has 33 heavy (non-hydrogen) atoms. The second-order valence-electron chi connectivity index (χ2n) is 8.37. The van der Waals surface area contributed by atoms with E-state index in [4.69, 9.17) is 9.47 Å². The van der Waals surface area contributed by atoms with Crippen LogP contribution >= 0.6 is 0 Å². The van der Waals surface area contributed by atoms with E-state index in [0.29, 0.717) is 23.6 Å². The van der Waals surface area contributed by atoms with Crippen molar-refractivity contribution in [1.29, 1.82) is 0 Å². The van der Waals surface area contributed by atoms with E-state index in [-0.39, 0.29) is 29.6 Å². The fraction of sp³-hybridized carbons (Fsp3) is 0.240. The van der Waals surface area contributed by atoms with Crippen molar-refractivity contribution >= 4 is 15.9 Å². The zero-order chi connectivity index (χ0) is 22.9. The highest BCUT2D eigenvalue weighted by Crippen LogP contribution is 2.47. The first kappa shape index (κ1) is 21.5. The van der Waals surface area contributed by atoms with Gasteiger partial charge in [0.05, 0.1) is 4.90 Å². The van der Waals surface area contributed by atoms with Crippen LogP contribution in [-0.2, 0) is 22.0 Å². The fourth-order valence-corrected chi connectivity index (χ4v) is 5.04. The maximum Gasteiger partial charge on any atom is 0.251 e. The summed E-state index contributed by atoms with van der Waals surface area (Å²) in [5.41, 5.74) is 2.25. The molecule has 3 aromatic carbocycles. The molecular formula is C25H24N2O5S. The zero-order valence-electron chi connectivity index (χ0n) is 17.9. The third-order valence-electron chi connectivity index (χ3n) is 6.14. The summed E-state index contributed by atoms with van der Waals surface area (Å²) in [6, 6.07) is 21.5. The first-order valence-electron chi connectivity index (χ1n) is 10.8. The van der Waals surface area contributed by atoms with Gasteiger partial charge in [0.1, 0.15) is 0 Å². The number of fused-ring (bicyclic) bond motifs is 1. The van der Waals surface area contributed by atoms with Gasteiger partial charge in [0.25, 0.3) is 5.91 Å². The van der Waals surface area contributed by atoms with Gasteiger partial charge in [0.2, 0.25) is 16.8 Å². The Morgan fingerprint density at radius 2 is 1.70 bits per heavy atom. The van der Waals surface area contributed by atoms with Gasteiger partial charge < -0.3 is 14.8 Å². The maximum absolute atomic E-state index is 12.8. The highest BCUT2D eigenvalue weighted by atomic mass is 32.2. The van der Waals surface area contributed by atoms with E-state index in [1.807, 2.05) is 18.2 Å². The third-order valence-corrected chi connectivity index (χ3v) is 7.54. The molecule has 0 saturated heterocycles. The van der Waals surface area contributed by atoms with Gasteiger partial charge in [-0.2, -0.15) is 0 Å². The van der Waals surface area contributed by atoms with E-state index in [1.54, 1.807) is 30.3 Å².